The fourth-order valence-corrected chi connectivity index (χ4v) is 8.85. The van der Waals surface area contributed by atoms with Crippen LogP contribution in [-0.2, 0) is 18.7 Å². The molecule has 0 amide bonds. The van der Waals surface area contributed by atoms with E-state index in [9.17, 15) is 0 Å². The SMILES string of the molecule is C=CCC12CO[PH](C(c3ccccc3)(c3ccccc3)c3ccccc3)(OC1)OC2. The van der Waals surface area contributed by atoms with E-state index in [0.29, 0.717) is 19.8 Å². The molecule has 3 nitrogen and oxygen atoms in total. The summed E-state index contributed by atoms with van der Waals surface area (Å²) in [7, 11) is -3.20. The molecule has 0 saturated carbocycles. The Kier molecular flexibility index (Phi) is 5.08. The first kappa shape index (κ1) is 19.7. The van der Waals surface area contributed by atoms with Gasteiger partial charge in [-0.3, -0.25) is 0 Å². The predicted octanol–water partition coefficient (Wildman–Crippen LogP) is 6.11. The summed E-state index contributed by atoms with van der Waals surface area (Å²) in [6.07, 6.45) is 2.77. The van der Waals surface area contributed by atoms with Gasteiger partial charge in [0, 0.05) is 0 Å². The summed E-state index contributed by atoms with van der Waals surface area (Å²) in [5.41, 5.74) is 3.26. The van der Waals surface area contributed by atoms with Crippen LogP contribution in [0.1, 0.15) is 23.1 Å². The van der Waals surface area contributed by atoms with Crippen molar-refractivity contribution >= 4 is 7.94 Å². The molecule has 0 unspecified atom stereocenters. The zero-order valence-electron chi connectivity index (χ0n) is 17.0. The van der Waals surface area contributed by atoms with Gasteiger partial charge in [-0.25, -0.2) is 0 Å². The molecule has 4 heteroatoms. The molecule has 0 N–H and O–H groups in total. The second kappa shape index (κ2) is 7.76. The van der Waals surface area contributed by atoms with Crippen LogP contribution in [0.15, 0.2) is 104 Å². The Bertz CT molecular complexity index is 883. The van der Waals surface area contributed by atoms with Crippen LogP contribution in [0.25, 0.3) is 0 Å². The van der Waals surface area contributed by atoms with E-state index in [0.717, 1.165) is 23.1 Å². The topological polar surface area (TPSA) is 27.7 Å². The molecule has 0 atom stereocenters. The number of hydrogen-bond acceptors (Lipinski definition) is 3. The minimum absolute atomic E-state index is 0.133. The summed E-state index contributed by atoms with van der Waals surface area (Å²) in [5.74, 6) is 0. The van der Waals surface area contributed by atoms with Crippen molar-refractivity contribution in [1.82, 2.24) is 0 Å². The van der Waals surface area contributed by atoms with Gasteiger partial charge >= 0.3 is 179 Å². The first-order valence-corrected chi connectivity index (χ1v) is 12.2. The van der Waals surface area contributed by atoms with E-state index >= 15 is 0 Å². The summed E-state index contributed by atoms with van der Waals surface area (Å²) < 4.78 is 20.1. The molecular formula is C26H27O3P. The number of allylic oxidation sites excluding steroid dienone is 1. The van der Waals surface area contributed by atoms with Crippen molar-refractivity contribution < 1.29 is 13.6 Å². The summed E-state index contributed by atoms with van der Waals surface area (Å²) in [6, 6.07) is 31.6. The molecular weight excluding hydrogens is 391 g/mol. The van der Waals surface area contributed by atoms with Gasteiger partial charge in [-0.2, -0.15) is 0 Å². The summed E-state index contributed by atoms with van der Waals surface area (Å²) >= 11 is 0. The average molecular weight is 418 g/mol. The molecule has 2 bridgehead atoms. The summed E-state index contributed by atoms with van der Waals surface area (Å²) in [4.78, 5) is 0. The second-order valence-electron chi connectivity index (χ2n) is 8.26. The van der Waals surface area contributed by atoms with Crippen molar-refractivity contribution in [2.45, 2.75) is 11.6 Å². The maximum atomic E-state index is 6.70. The molecule has 154 valence electrons. The Balaban J connectivity index is 1.77. The van der Waals surface area contributed by atoms with Crippen LogP contribution in [0.4, 0.5) is 0 Å². The van der Waals surface area contributed by atoms with Gasteiger partial charge in [0.15, 0.2) is 0 Å². The third kappa shape index (κ3) is 2.89. The van der Waals surface area contributed by atoms with Gasteiger partial charge < -0.3 is 0 Å². The van der Waals surface area contributed by atoms with Crippen LogP contribution < -0.4 is 0 Å². The Morgan fingerprint density at radius 2 is 1.07 bits per heavy atom. The van der Waals surface area contributed by atoms with Crippen LogP contribution in [0, 0.1) is 5.41 Å². The van der Waals surface area contributed by atoms with Gasteiger partial charge in [0.2, 0.25) is 0 Å². The quantitative estimate of drug-likeness (QED) is 0.274. The zero-order chi connectivity index (χ0) is 20.5. The Morgan fingerprint density at radius 3 is 1.40 bits per heavy atom. The normalized spacial score (nSPS) is 23.6. The third-order valence-electron chi connectivity index (χ3n) is 6.36. The molecule has 0 spiro atoms. The van der Waals surface area contributed by atoms with Crippen molar-refractivity contribution in [2.75, 3.05) is 19.8 Å². The molecule has 3 aliphatic rings. The number of benzene rings is 3. The fourth-order valence-electron chi connectivity index (χ4n) is 4.90. The van der Waals surface area contributed by atoms with Gasteiger partial charge in [0.1, 0.15) is 0 Å². The van der Waals surface area contributed by atoms with Crippen LogP contribution in [0.2, 0.25) is 0 Å². The van der Waals surface area contributed by atoms with Crippen molar-refractivity contribution in [3.8, 4) is 0 Å². The van der Waals surface area contributed by atoms with E-state index < -0.39 is 13.1 Å². The fraction of sp³-hybridized carbons (Fsp3) is 0.231. The van der Waals surface area contributed by atoms with Crippen molar-refractivity contribution in [3.05, 3.63) is 120 Å². The van der Waals surface area contributed by atoms with Crippen molar-refractivity contribution in [2.24, 2.45) is 5.41 Å². The first-order chi connectivity index (χ1) is 14.7. The van der Waals surface area contributed by atoms with E-state index in [1.807, 2.05) is 24.3 Å². The monoisotopic (exact) mass is 418 g/mol. The number of hydrogen-bond donors (Lipinski definition) is 0. The van der Waals surface area contributed by atoms with Gasteiger partial charge in [-0.1, -0.05) is 0 Å². The predicted molar refractivity (Wildman–Crippen MR) is 123 cm³/mol. The minimum atomic E-state index is -3.20. The molecule has 0 aliphatic carbocycles. The first-order valence-electron chi connectivity index (χ1n) is 10.4. The molecule has 30 heavy (non-hydrogen) atoms. The van der Waals surface area contributed by atoms with Gasteiger partial charge in [0.05, 0.1) is 0 Å². The molecule has 3 aromatic rings. The molecule has 3 heterocycles. The van der Waals surface area contributed by atoms with Crippen LogP contribution >= 0.6 is 7.94 Å². The van der Waals surface area contributed by atoms with E-state index in [1.165, 1.54) is 0 Å². The second-order valence-corrected chi connectivity index (χ2v) is 11.0. The van der Waals surface area contributed by atoms with E-state index in [1.54, 1.807) is 0 Å². The van der Waals surface area contributed by atoms with E-state index in [2.05, 4.69) is 79.4 Å². The number of rotatable bonds is 6. The van der Waals surface area contributed by atoms with Crippen molar-refractivity contribution in [3.63, 3.8) is 0 Å². The van der Waals surface area contributed by atoms with Crippen LogP contribution in [-0.4, -0.2) is 19.8 Å². The van der Waals surface area contributed by atoms with Crippen molar-refractivity contribution in [1.29, 1.82) is 0 Å². The summed E-state index contributed by atoms with van der Waals surface area (Å²) in [6.45, 7) is 5.83. The van der Waals surface area contributed by atoms with Gasteiger partial charge in [-0.15, -0.1) is 0 Å². The zero-order valence-corrected chi connectivity index (χ0v) is 18.0. The Morgan fingerprint density at radius 1 is 0.700 bits per heavy atom. The Hall–Kier alpha value is -2.29. The molecule has 6 rings (SSSR count). The maximum absolute atomic E-state index is 6.70. The molecule has 0 aromatic heterocycles. The van der Waals surface area contributed by atoms with Gasteiger partial charge in [0.25, 0.3) is 0 Å². The van der Waals surface area contributed by atoms with E-state index in [-0.39, 0.29) is 5.41 Å². The molecule has 0 radical (unpaired) electrons. The Labute approximate surface area is 178 Å². The summed E-state index contributed by atoms with van der Waals surface area (Å²) in [5, 5.41) is -0.641. The van der Waals surface area contributed by atoms with E-state index in [4.69, 9.17) is 13.6 Å². The molecule has 3 aliphatic heterocycles. The molecule has 3 saturated heterocycles. The molecule has 3 fully saturated rings. The third-order valence-corrected chi connectivity index (χ3v) is 9.72. The average Bonchev–Trinajstić information content (AvgIpc) is 2.83. The molecule has 3 aromatic carbocycles. The number of fused-ring (bicyclic) bond motifs is 3. The van der Waals surface area contributed by atoms with Crippen LogP contribution in [0.3, 0.4) is 0 Å². The standard InChI is InChI=1S/C26H27O3P/c1-2-18-25-19-27-30(28-20-25,29-21-25)26(22-12-6-3-7-13-22,23-14-8-4-9-15-23)24-16-10-5-11-17-24/h2-17,30H,1,18-21H2. The van der Waals surface area contributed by atoms with Gasteiger partial charge in [-0.05, 0) is 0 Å². The van der Waals surface area contributed by atoms with Crippen LogP contribution in [0.5, 0.6) is 0 Å².